The third-order valence-electron chi connectivity index (χ3n) is 6.32. The molecular formula is C25H24ClN5O2. The number of hydrogen-bond acceptors (Lipinski definition) is 6. The van der Waals surface area contributed by atoms with Gasteiger partial charge < -0.3 is 15.2 Å². The molecule has 2 atom stereocenters. The first-order valence-corrected chi connectivity index (χ1v) is 11.4. The first-order valence-electron chi connectivity index (χ1n) is 11.0. The number of anilines is 2. The number of nitrogens with zero attached hydrogens (tertiary/aromatic N) is 3. The Morgan fingerprint density at radius 1 is 1.24 bits per heavy atom. The monoisotopic (exact) mass is 461 g/mol. The number of Topliss-reactive ketones (excluding diaryl/α,β-unsaturated/α-hetero) is 1. The maximum absolute atomic E-state index is 13.8. The summed E-state index contributed by atoms with van der Waals surface area (Å²) in [4.78, 5) is 35.0. The van der Waals surface area contributed by atoms with Gasteiger partial charge in [0.25, 0.3) is 5.56 Å². The first-order chi connectivity index (χ1) is 16.0. The van der Waals surface area contributed by atoms with Crippen LogP contribution in [0.5, 0.6) is 0 Å². The predicted octanol–water partition coefficient (Wildman–Crippen LogP) is 4.98. The Labute approximate surface area is 196 Å². The molecule has 168 valence electrons. The molecule has 1 aromatic carbocycles. The molecule has 2 N–H and O–H groups in total. The SMILES string of the molecule is Cc1c([C@H](C)Nc2ncnc3c2C(=O)CCN3)n(C2C=CC=CC2)c(=O)c2c(Cl)cccc12. The van der Waals surface area contributed by atoms with Gasteiger partial charge >= 0.3 is 0 Å². The summed E-state index contributed by atoms with van der Waals surface area (Å²) in [6.07, 6.45) is 10.6. The number of nitrogens with one attached hydrogen (secondary N) is 2. The molecule has 33 heavy (non-hydrogen) atoms. The van der Waals surface area contributed by atoms with E-state index in [1.165, 1.54) is 6.33 Å². The molecule has 5 rings (SSSR count). The van der Waals surface area contributed by atoms with E-state index in [0.29, 0.717) is 47.0 Å². The number of aromatic nitrogens is 3. The number of benzene rings is 1. The predicted molar refractivity (Wildman–Crippen MR) is 131 cm³/mol. The van der Waals surface area contributed by atoms with Crippen LogP contribution in [0.4, 0.5) is 11.6 Å². The van der Waals surface area contributed by atoms with Crippen LogP contribution in [-0.4, -0.2) is 26.9 Å². The molecule has 0 radical (unpaired) electrons. The molecule has 1 aliphatic carbocycles. The summed E-state index contributed by atoms with van der Waals surface area (Å²) in [5.74, 6) is 1.00. The Morgan fingerprint density at radius 2 is 2.09 bits per heavy atom. The zero-order valence-corrected chi connectivity index (χ0v) is 19.2. The van der Waals surface area contributed by atoms with Crippen LogP contribution in [0.25, 0.3) is 10.8 Å². The van der Waals surface area contributed by atoms with E-state index in [0.717, 1.165) is 16.6 Å². The van der Waals surface area contributed by atoms with Crippen molar-refractivity contribution in [3.63, 3.8) is 0 Å². The summed E-state index contributed by atoms with van der Waals surface area (Å²) in [5.41, 5.74) is 2.13. The van der Waals surface area contributed by atoms with Crippen LogP contribution in [-0.2, 0) is 0 Å². The Bertz CT molecular complexity index is 1390. The molecule has 2 aliphatic rings. The highest BCUT2D eigenvalue weighted by Crippen LogP contribution is 2.34. The van der Waals surface area contributed by atoms with Crippen LogP contribution < -0.4 is 16.2 Å². The number of pyridine rings is 1. The molecule has 0 saturated heterocycles. The van der Waals surface area contributed by atoms with Crippen molar-refractivity contribution in [2.75, 3.05) is 17.2 Å². The van der Waals surface area contributed by atoms with Crippen LogP contribution in [0.15, 0.2) is 53.6 Å². The quantitative estimate of drug-likeness (QED) is 0.569. The summed E-state index contributed by atoms with van der Waals surface area (Å²) in [6, 6.07) is 5.09. The molecule has 0 bridgehead atoms. The average molecular weight is 462 g/mol. The van der Waals surface area contributed by atoms with E-state index in [4.69, 9.17) is 11.6 Å². The number of fused-ring (bicyclic) bond motifs is 2. The summed E-state index contributed by atoms with van der Waals surface area (Å²) >= 11 is 6.48. The number of allylic oxidation sites excluding steroid dienone is 4. The van der Waals surface area contributed by atoms with Gasteiger partial charge in [0.2, 0.25) is 0 Å². The fourth-order valence-electron chi connectivity index (χ4n) is 4.81. The van der Waals surface area contributed by atoms with Gasteiger partial charge in [-0.15, -0.1) is 0 Å². The topological polar surface area (TPSA) is 88.9 Å². The van der Waals surface area contributed by atoms with Crippen molar-refractivity contribution in [1.29, 1.82) is 0 Å². The van der Waals surface area contributed by atoms with Crippen molar-refractivity contribution in [2.24, 2.45) is 0 Å². The summed E-state index contributed by atoms with van der Waals surface area (Å²) in [6.45, 7) is 4.54. The number of rotatable bonds is 4. The Balaban J connectivity index is 1.69. The molecule has 2 aromatic heterocycles. The van der Waals surface area contributed by atoms with Crippen LogP contribution >= 0.6 is 11.6 Å². The highest BCUT2D eigenvalue weighted by atomic mass is 35.5. The van der Waals surface area contributed by atoms with E-state index in [-0.39, 0.29) is 23.4 Å². The minimum absolute atomic E-state index is 0.00110. The lowest BCUT2D eigenvalue weighted by Crippen LogP contribution is -2.32. The van der Waals surface area contributed by atoms with Gasteiger partial charge in [-0.3, -0.25) is 9.59 Å². The molecule has 3 aromatic rings. The van der Waals surface area contributed by atoms with E-state index in [1.807, 2.05) is 48.8 Å². The third kappa shape index (κ3) is 3.62. The first kappa shape index (κ1) is 21.4. The number of carbonyl (C=O) groups is 1. The molecule has 0 saturated carbocycles. The van der Waals surface area contributed by atoms with Crippen molar-refractivity contribution >= 4 is 39.8 Å². The standard InChI is InChI=1S/C25H24ClN5O2/c1-14-17-9-6-10-18(26)20(17)25(33)31(16-7-4-3-5-8-16)22(14)15(2)30-24-21-19(32)11-12-27-23(21)28-13-29-24/h3-7,9-10,13,15-16H,8,11-12H2,1-2H3,(H2,27,28,29,30)/t15-,16?/m0/s1. The van der Waals surface area contributed by atoms with Crippen molar-refractivity contribution in [3.05, 3.63) is 81.0 Å². The third-order valence-corrected chi connectivity index (χ3v) is 6.63. The van der Waals surface area contributed by atoms with Crippen LogP contribution in [0.3, 0.4) is 0 Å². The van der Waals surface area contributed by atoms with Crippen molar-refractivity contribution in [1.82, 2.24) is 14.5 Å². The van der Waals surface area contributed by atoms with Gasteiger partial charge in [-0.05, 0) is 37.3 Å². The lowest BCUT2D eigenvalue weighted by molar-refractivity contribution is 0.0983. The second-order valence-electron chi connectivity index (χ2n) is 8.38. The molecular weight excluding hydrogens is 438 g/mol. The molecule has 0 spiro atoms. The van der Waals surface area contributed by atoms with E-state index in [1.54, 1.807) is 6.07 Å². The summed E-state index contributed by atoms with van der Waals surface area (Å²) < 4.78 is 1.83. The van der Waals surface area contributed by atoms with Crippen LogP contribution in [0.2, 0.25) is 5.02 Å². The van der Waals surface area contributed by atoms with Crippen molar-refractivity contribution < 1.29 is 4.79 Å². The van der Waals surface area contributed by atoms with E-state index in [2.05, 4.69) is 26.7 Å². The lowest BCUT2D eigenvalue weighted by atomic mass is 9.98. The zero-order valence-electron chi connectivity index (χ0n) is 18.4. The maximum atomic E-state index is 13.8. The number of hydrogen-bond donors (Lipinski definition) is 2. The van der Waals surface area contributed by atoms with Gasteiger partial charge in [0, 0.05) is 18.7 Å². The van der Waals surface area contributed by atoms with Crippen LogP contribution in [0.1, 0.15) is 53.5 Å². The number of aryl methyl sites for hydroxylation is 1. The van der Waals surface area contributed by atoms with Gasteiger partial charge in [-0.25, -0.2) is 9.97 Å². The maximum Gasteiger partial charge on any atom is 0.260 e. The molecule has 1 aliphatic heterocycles. The molecule has 0 fully saturated rings. The van der Waals surface area contributed by atoms with Gasteiger partial charge in [0.15, 0.2) is 5.78 Å². The molecule has 8 heteroatoms. The van der Waals surface area contributed by atoms with Crippen LogP contribution in [0, 0.1) is 6.92 Å². The van der Waals surface area contributed by atoms with Gasteiger partial charge in [0.1, 0.15) is 23.5 Å². The summed E-state index contributed by atoms with van der Waals surface area (Å²) in [7, 11) is 0. The Kier molecular flexibility index (Phi) is 5.50. The largest absolute Gasteiger partial charge is 0.369 e. The fourth-order valence-corrected chi connectivity index (χ4v) is 5.07. The zero-order chi connectivity index (χ0) is 23.1. The fraction of sp³-hybridized carbons (Fsp3) is 0.280. The Hall–Kier alpha value is -3.45. The van der Waals surface area contributed by atoms with Gasteiger partial charge in [-0.2, -0.15) is 0 Å². The molecule has 0 amide bonds. The number of halogens is 1. The molecule has 1 unspecified atom stereocenters. The summed E-state index contributed by atoms with van der Waals surface area (Å²) in [5, 5.41) is 8.35. The molecule has 7 nitrogen and oxygen atoms in total. The van der Waals surface area contributed by atoms with E-state index >= 15 is 0 Å². The smallest absolute Gasteiger partial charge is 0.260 e. The normalized spacial score (nSPS) is 18.2. The second-order valence-corrected chi connectivity index (χ2v) is 8.78. The number of ketones is 1. The van der Waals surface area contributed by atoms with Crippen molar-refractivity contribution in [2.45, 2.75) is 38.8 Å². The minimum atomic E-state index is -0.311. The number of carbonyl (C=O) groups excluding carboxylic acids is 1. The van der Waals surface area contributed by atoms with Crippen molar-refractivity contribution in [3.8, 4) is 0 Å². The van der Waals surface area contributed by atoms with Gasteiger partial charge in [0.05, 0.1) is 22.5 Å². The molecule has 3 heterocycles. The van der Waals surface area contributed by atoms with E-state index < -0.39 is 0 Å². The Morgan fingerprint density at radius 3 is 2.88 bits per heavy atom. The van der Waals surface area contributed by atoms with Gasteiger partial charge in [-0.1, -0.05) is 48.0 Å². The lowest BCUT2D eigenvalue weighted by Gasteiger charge is -2.29. The highest BCUT2D eigenvalue weighted by molar-refractivity contribution is 6.35. The highest BCUT2D eigenvalue weighted by Gasteiger charge is 2.27. The van der Waals surface area contributed by atoms with E-state index in [9.17, 15) is 9.59 Å². The average Bonchev–Trinajstić information content (AvgIpc) is 2.81. The second kappa shape index (κ2) is 8.48. The minimum Gasteiger partial charge on any atom is -0.369 e.